The first-order valence-electron chi connectivity index (χ1n) is 6.90. The van der Waals surface area contributed by atoms with E-state index in [1.807, 2.05) is 24.3 Å². The number of alkyl halides is 1. The van der Waals surface area contributed by atoms with Crippen LogP contribution in [-0.4, -0.2) is 6.10 Å². The third-order valence-corrected chi connectivity index (χ3v) is 4.83. The first kappa shape index (κ1) is 15.0. The zero-order chi connectivity index (χ0) is 15.0. The maximum absolute atomic E-state index is 6.55. The minimum absolute atomic E-state index is 0.0940. The molecule has 0 aromatic heterocycles. The molecule has 0 saturated carbocycles. The average Bonchev–Trinajstić information content (AvgIpc) is 2.82. The third-order valence-electron chi connectivity index (χ3n) is 3.68. The van der Waals surface area contributed by atoms with E-state index < -0.39 is 0 Å². The molecule has 3 rings (SSSR count). The molecule has 2 aromatic rings. The highest BCUT2D eigenvalue weighted by molar-refractivity contribution is 6.42. The van der Waals surface area contributed by atoms with E-state index in [2.05, 4.69) is 13.0 Å². The number of benzene rings is 2. The lowest BCUT2D eigenvalue weighted by molar-refractivity contribution is 0.254. The van der Waals surface area contributed by atoms with Gasteiger partial charge in [-0.25, -0.2) is 0 Å². The van der Waals surface area contributed by atoms with Crippen molar-refractivity contribution in [3.05, 3.63) is 63.1 Å². The number of halogens is 3. The van der Waals surface area contributed by atoms with Gasteiger partial charge in [-0.15, -0.1) is 11.6 Å². The van der Waals surface area contributed by atoms with Gasteiger partial charge in [0.1, 0.15) is 11.9 Å². The second-order valence-corrected chi connectivity index (χ2v) is 6.76. The van der Waals surface area contributed by atoms with Crippen LogP contribution in [0.3, 0.4) is 0 Å². The van der Waals surface area contributed by atoms with E-state index >= 15 is 0 Å². The summed E-state index contributed by atoms with van der Waals surface area (Å²) in [7, 11) is 0. The Morgan fingerprint density at radius 1 is 1.14 bits per heavy atom. The van der Waals surface area contributed by atoms with Crippen molar-refractivity contribution in [2.75, 3.05) is 0 Å². The number of ether oxygens (including phenoxy) is 1. The molecular formula is C17H15Cl3O. The normalized spacial score (nSPS) is 18.2. The Hall–Kier alpha value is -0.890. The van der Waals surface area contributed by atoms with Gasteiger partial charge in [-0.1, -0.05) is 41.4 Å². The van der Waals surface area contributed by atoms with Crippen molar-refractivity contribution in [2.45, 2.75) is 31.2 Å². The fourth-order valence-corrected chi connectivity index (χ4v) is 3.26. The molecule has 0 fully saturated rings. The molecule has 1 aliphatic rings. The van der Waals surface area contributed by atoms with Gasteiger partial charge in [-0.2, -0.15) is 0 Å². The first-order valence-corrected chi connectivity index (χ1v) is 8.09. The van der Waals surface area contributed by atoms with Crippen LogP contribution in [-0.2, 0) is 12.8 Å². The van der Waals surface area contributed by atoms with Gasteiger partial charge in [0.05, 0.1) is 15.4 Å². The van der Waals surface area contributed by atoms with Crippen LogP contribution in [0, 0.1) is 0 Å². The van der Waals surface area contributed by atoms with Crippen molar-refractivity contribution in [1.82, 2.24) is 0 Å². The quantitative estimate of drug-likeness (QED) is 0.637. The molecular weight excluding hydrogens is 327 g/mol. The third kappa shape index (κ3) is 3.31. The molecule has 1 aliphatic heterocycles. The van der Waals surface area contributed by atoms with E-state index in [1.54, 1.807) is 6.07 Å². The van der Waals surface area contributed by atoms with Crippen LogP contribution in [0.1, 0.15) is 29.0 Å². The van der Waals surface area contributed by atoms with Crippen LogP contribution in [0.4, 0.5) is 0 Å². The molecule has 1 nitrogen and oxygen atoms in total. The van der Waals surface area contributed by atoms with Gasteiger partial charge < -0.3 is 4.74 Å². The molecule has 2 atom stereocenters. The minimum Gasteiger partial charge on any atom is -0.490 e. The molecule has 0 amide bonds. The summed E-state index contributed by atoms with van der Waals surface area (Å²) in [6, 6.07) is 11.8. The summed E-state index contributed by atoms with van der Waals surface area (Å²) in [5.74, 6) is 0.977. The topological polar surface area (TPSA) is 9.23 Å². The van der Waals surface area contributed by atoms with Crippen molar-refractivity contribution in [2.24, 2.45) is 0 Å². The summed E-state index contributed by atoms with van der Waals surface area (Å²) < 4.78 is 5.71. The molecule has 0 aliphatic carbocycles. The van der Waals surface area contributed by atoms with Crippen LogP contribution in [0.5, 0.6) is 5.75 Å². The molecule has 0 radical (unpaired) electrons. The lowest BCUT2D eigenvalue weighted by Gasteiger charge is -2.12. The summed E-state index contributed by atoms with van der Waals surface area (Å²) in [6.07, 6.45) is 1.91. The molecule has 2 unspecified atom stereocenters. The summed E-state index contributed by atoms with van der Waals surface area (Å²) >= 11 is 18.5. The largest absolute Gasteiger partial charge is 0.490 e. The summed E-state index contributed by atoms with van der Waals surface area (Å²) in [4.78, 5) is 0. The highest BCUT2D eigenvalue weighted by Crippen LogP contribution is 2.34. The van der Waals surface area contributed by atoms with Crippen molar-refractivity contribution >= 4 is 34.8 Å². The summed E-state index contributed by atoms with van der Waals surface area (Å²) in [5, 5.41) is 1.04. The van der Waals surface area contributed by atoms with E-state index in [-0.39, 0.29) is 11.5 Å². The molecule has 0 spiro atoms. The SMILES string of the molecule is CC1Cc2cc(C(Cl)Cc3ccc(Cl)c(Cl)c3)ccc2O1. The Balaban J connectivity index is 1.78. The Morgan fingerprint density at radius 3 is 2.71 bits per heavy atom. The van der Waals surface area contributed by atoms with E-state index in [0.717, 1.165) is 23.3 Å². The van der Waals surface area contributed by atoms with Crippen LogP contribution >= 0.6 is 34.8 Å². The maximum Gasteiger partial charge on any atom is 0.123 e. The second-order valence-electron chi connectivity index (χ2n) is 5.42. The molecule has 1 heterocycles. The smallest absolute Gasteiger partial charge is 0.123 e. The van der Waals surface area contributed by atoms with Crippen LogP contribution < -0.4 is 4.74 Å². The van der Waals surface area contributed by atoms with Crippen LogP contribution in [0.15, 0.2) is 36.4 Å². The number of fused-ring (bicyclic) bond motifs is 1. The predicted octanol–water partition coefficient (Wildman–Crippen LogP) is 5.84. The molecule has 0 saturated heterocycles. The van der Waals surface area contributed by atoms with E-state index in [4.69, 9.17) is 39.5 Å². The minimum atomic E-state index is -0.0940. The molecule has 2 aromatic carbocycles. The van der Waals surface area contributed by atoms with Crippen LogP contribution in [0.25, 0.3) is 0 Å². The van der Waals surface area contributed by atoms with Crippen molar-refractivity contribution in [3.63, 3.8) is 0 Å². The number of rotatable bonds is 3. The van der Waals surface area contributed by atoms with Gasteiger partial charge in [0.15, 0.2) is 0 Å². The monoisotopic (exact) mass is 340 g/mol. The highest BCUT2D eigenvalue weighted by Gasteiger charge is 2.20. The van der Waals surface area contributed by atoms with Gasteiger partial charge >= 0.3 is 0 Å². The van der Waals surface area contributed by atoms with Gasteiger partial charge in [-0.05, 0) is 48.2 Å². The lowest BCUT2D eigenvalue weighted by atomic mass is 10.0. The van der Waals surface area contributed by atoms with Gasteiger partial charge in [-0.3, -0.25) is 0 Å². The molecule has 0 bridgehead atoms. The maximum atomic E-state index is 6.55. The number of hydrogen-bond donors (Lipinski definition) is 0. The zero-order valence-corrected chi connectivity index (χ0v) is 13.8. The first-order chi connectivity index (χ1) is 10.0. The van der Waals surface area contributed by atoms with Gasteiger partial charge in [0.25, 0.3) is 0 Å². The summed E-state index contributed by atoms with van der Waals surface area (Å²) in [6.45, 7) is 2.08. The highest BCUT2D eigenvalue weighted by atomic mass is 35.5. The van der Waals surface area contributed by atoms with E-state index in [0.29, 0.717) is 16.5 Å². The van der Waals surface area contributed by atoms with Crippen molar-refractivity contribution in [3.8, 4) is 5.75 Å². The fourth-order valence-electron chi connectivity index (χ4n) is 2.63. The predicted molar refractivity (Wildman–Crippen MR) is 89.0 cm³/mol. The van der Waals surface area contributed by atoms with Crippen molar-refractivity contribution < 1.29 is 4.74 Å². The summed E-state index contributed by atoms with van der Waals surface area (Å²) in [5.41, 5.74) is 3.42. The Kier molecular flexibility index (Phi) is 4.35. The Bertz CT molecular complexity index is 669. The zero-order valence-electron chi connectivity index (χ0n) is 11.6. The lowest BCUT2D eigenvalue weighted by Crippen LogP contribution is -2.05. The van der Waals surface area contributed by atoms with E-state index in [1.165, 1.54) is 5.56 Å². The Labute approximate surface area is 139 Å². The van der Waals surface area contributed by atoms with Crippen molar-refractivity contribution in [1.29, 1.82) is 0 Å². The fraction of sp³-hybridized carbons (Fsp3) is 0.294. The standard InChI is InChI=1S/C17H15Cl3O/c1-10-6-13-9-12(3-5-17(13)21-10)15(19)7-11-2-4-14(18)16(20)8-11/h2-5,8-10,15H,6-7H2,1H3. The second kappa shape index (κ2) is 6.08. The van der Waals surface area contributed by atoms with E-state index in [9.17, 15) is 0 Å². The van der Waals surface area contributed by atoms with Gasteiger partial charge in [0, 0.05) is 6.42 Å². The van der Waals surface area contributed by atoms with Crippen LogP contribution in [0.2, 0.25) is 10.0 Å². The Morgan fingerprint density at radius 2 is 1.95 bits per heavy atom. The molecule has 110 valence electrons. The number of hydrogen-bond acceptors (Lipinski definition) is 1. The molecule has 21 heavy (non-hydrogen) atoms. The average molecular weight is 342 g/mol. The molecule has 0 N–H and O–H groups in total. The van der Waals surface area contributed by atoms with Gasteiger partial charge in [0.2, 0.25) is 0 Å². The molecule has 4 heteroatoms.